The summed E-state index contributed by atoms with van der Waals surface area (Å²) in [5.41, 5.74) is 6.64. The molecule has 0 aliphatic carbocycles. The Labute approximate surface area is 230 Å². The molecule has 12 heteroatoms. The molecule has 0 fully saturated rings. The van der Waals surface area contributed by atoms with Crippen LogP contribution in [-0.2, 0) is 5.41 Å². The van der Waals surface area contributed by atoms with Gasteiger partial charge in [-0.15, -0.1) is 0 Å². The van der Waals surface area contributed by atoms with Gasteiger partial charge in [-0.3, -0.25) is 5.32 Å². The summed E-state index contributed by atoms with van der Waals surface area (Å²) in [4.78, 5) is 20.5. The number of rotatable bonds is 8. The van der Waals surface area contributed by atoms with Crippen LogP contribution in [0.25, 0.3) is 5.69 Å². The average molecular weight is 545 g/mol. The lowest BCUT2D eigenvalue weighted by Gasteiger charge is -2.14. The molecule has 0 saturated heterocycles. The van der Waals surface area contributed by atoms with Crippen molar-refractivity contribution >= 4 is 23.4 Å². The molecule has 0 aliphatic heterocycles. The first-order valence-electron chi connectivity index (χ1n) is 12.5. The minimum absolute atomic E-state index is 0.0520. The Balaban J connectivity index is 1.54. The van der Waals surface area contributed by atoms with Crippen LogP contribution < -0.4 is 25.8 Å². The Morgan fingerprint density at radius 1 is 1.12 bits per heavy atom. The number of hydrogen-bond donors (Lipinski definition) is 3. The number of benzene rings is 2. The molecule has 2 amide bonds. The Hall–Kier alpha value is -5.18. The van der Waals surface area contributed by atoms with Gasteiger partial charge in [0.15, 0.2) is 5.56 Å². The number of nitrogens with zero attached hydrogens (tertiary/aromatic N) is 5. The summed E-state index contributed by atoms with van der Waals surface area (Å²) in [6.07, 6.45) is 2.00. The zero-order chi connectivity index (χ0) is 28.9. The number of urea groups is 1. The number of carbonyl (C=O) groups excluding carboxylic acids is 1. The number of nitrogens with two attached hydrogens (primary N) is 1. The van der Waals surface area contributed by atoms with E-state index in [0.29, 0.717) is 23.9 Å². The normalized spacial score (nSPS) is 11.0. The predicted molar refractivity (Wildman–Crippen MR) is 148 cm³/mol. The zero-order valence-electron chi connectivity index (χ0n) is 22.5. The van der Waals surface area contributed by atoms with E-state index in [4.69, 9.17) is 20.3 Å². The molecule has 2 heterocycles. The van der Waals surface area contributed by atoms with Gasteiger partial charge in [0.05, 0.1) is 23.7 Å². The quantitative estimate of drug-likeness (QED) is 0.252. The second-order valence-electron chi connectivity index (χ2n) is 9.80. The van der Waals surface area contributed by atoms with Crippen molar-refractivity contribution in [3.8, 4) is 29.1 Å². The molecule has 4 rings (SSSR count). The zero-order valence-corrected chi connectivity index (χ0v) is 22.5. The fourth-order valence-corrected chi connectivity index (χ4v) is 3.57. The summed E-state index contributed by atoms with van der Waals surface area (Å²) >= 11 is 0. The monoisotopic (exact) mass is 544 g/mol. The molecule has 4 aromatic rings. The van der Waals surface area contributed by atoms with Gasteiger partial charge in [0, 0.05) is 23.6 Å². The van der Waals surface area contributed by atoms with Crippen LogP contribution in [0.2, 0.25) is 0 Å². The highest BCUT2D eigenvalue weighted by molar-refractivity contribution is 5.99. The van der Waals surface area contributed by atoms with E-state index < -0.39 is 11.8 Å². The van der Waals surface area contributed by atoms with Crippen LogP contribution >= 0.6 is 0 Å². The standard InChI is InChI=1S/C28H29FN8O3/c1-5-11-39-18-8-6-7-17(12-18)37-24(14-23(36-37)28(2,3)4)35-27(38)34-22-10-9-19(13-21(22)29)40-26-20(15-30)25(31)32-16-33-26/h6-10,12-14,16H,5,11H2,1-4H3,(H2,31,32,33)(H2,34,35,38). The van der Waals surface area contributed by atoms with Gasteiger partial charge in [-0.1, -0.05) is 33.8 Å². The van der Waals surface area contributed by atoms with Gasteiger partial charge in [-0.25, -0.2) is 23.8 Å². The number of ether oxygens (including phenoxy) is 2. The summed E-state index contributed by atoms with van der Waals surface area (Å²) in [7, 11) is 0. The van der Waals surface area contributed by atoms with Gasteiger partial charge < -0.3 is 20.5 Å². The topological polar surface area (TPSA) is 153 Å². The molecule has 0 aliphatic rings. The van der Waals surface area contributed by atoms with Gasteiger partial charge in [-0.05, 0) is 30.7 Å². The van der Waals surface area contributed by atoms with Crippen molar-refractivity contribution in [3.05, 3.63) is 71.9 Å². The average Bonchev–Trinajstić information content (AvgIpc) is 3.34. The number of amides is 2. The van der Waals surface area contributed by atoms with Gasteiger partial charge in [0.25, 0.3) is 0 Å². The number of nitrogen functional groups attached to an aromatic ring is 1. The highest BCUT2D eigenvalue weighted by Gasteiger charge is 2.22. The van der Waals surface area contributed by atoms with Gasteiger partial charge in [-0.2, -0.15) is 10.4 Å². The van der Waals surface area contributed by atoms with Gasteiger partial charge in [0.1, 0.15) is 41.3 Å². The Morgan fingerprint density at radius 2 is 1.93 bits per heavy atom. The highest BCUT2D eigenvalue weighted by Crippen LogP contribution is 2.30. The first-order valence-corrected chi connectivity index (χ1v) is 12.5. The highest BCUT2D eigenvalue weighted by atomic mass is 19.1. The molecule has 11 nitrogen and oxygen atoms in total. The lowest BCUT2D eigenvalue weighted by atomic mass is 9.92. The largest absolute Gasteiger partial charge is 0.494 e. The van der Waals surface area contributed by atoms with Crippen LogP contribution in [-0.4, -0.2) is 32.4 Å². The van der Waals surface area contributed by atoms with Gasteiger partial charge in [0.2, 0.25) is 5.88 Å². The molecule has 0 atom stereocenters. The Morgan fingerprint density at radius 3 is 2.62 bits per heavy atom. The van der Waals surface area contributed by atoms with E-state index >= 15 is 0 Å². The minimum atomic E-state index is -0.766. The molecule has 0 radical (unpaired) electrons. The second kappa shape index (κ2) is 11.7. The maximum atomic E-state index is 14.9. The second-order valence-corrected chi connectivity index (χ2v) is 9.80. The van der Waals surface area contributed by atoms with E-state index in [-0.39, 0.29) is 34.1 Å². The van der Waals surface area contributed by atoms with Gasteiger partial charge >= 0.3 is 6.03 Å². The molecule has 206 valence electrons. The summed E-state index contributed by atoms with van der Waals surface area (Å²) in [5, 5.41) is 19.2. The first kappa shape index (κ1) is 27.8. The fraction of sp³-hybridized carbons (Fsp3) is 0.250. The molecule has 0 saturated carbocycles. The first-order chi connectivity index (χ1) is 19.1. The number of carbonyl (C=O) groups is 1. The molecule has 2 aromatic heterocycles. The third-order valence-electron chi connectivity index (χ3n) is 5.61. The number of aromatic nitrogens is 4. The van der Waals surface area contributed by atoms with Crippen molar-refractivity contribution in [2.75, 3.05) is 23.0 Å². The Kier molecular flexibility index (Phi) is 8.14. The number of hydrogen-bond acceptors (Lipinski definition) is 8. The molecular weight excluding hydrogens is 515 g/mol. The SMILES string of the molecule is CCCOc1cccc(-n2nc(C(C)(C)C)cc2NC(=O)Nc2ccc(Oc3ncnc(N)c3C#N)cc2F)c1. The van der Waals surface area contributed by atoms with E-state index in [0.717, 1.165) is 24.5 Å². The maximum Gasteiger partial charge on any atom is 0.324 e. The molecule has 4 N–H and O–H groups in total. The third-order valence-corrected chi connectivity index (χ3v) is 5.61. The molecule has 0 spiro atoms. The van der Waals surface area contributed by atoms with Crippen molar-refractivity contribution in [3.63, 3.8) is 0 Å². The van der Waals surface area contributed by atoms with Crippen LogP contribution in [0.1, 0.15) is 45.4 Å². The van der Waals surface area contributed by atoms with Crippen molar-refractivity contribution < 1.29 is 18.7 Å². The van der Waals surface area contributed by atoms with Crippen LogP contribution in [0, 0.1) is 17.1 Å². The van der Waals surface area contributed by atoms with E-state index in [9.17, 15) is 14.4 Å². The number of nitriles is 1. The van der Waals surface area contributed by atoms with Crippen molar-refractivity contribution in [2.45, 2.75) is 39.5 Å². The van der Waals surface area contributed by atoms with Crippen molar-refractivity contribution in [1.82, 2.24) is 19.7 Å². The summed E-state index contributed by atoms with van der Waals surface area (Å²) < 4.78 is 27.7. The number of halogens is 1. The Bertz CT molecular complexity index is 1570. The lowest BCUT2D eigenvalue weighted by molar-refractivity contribution is 0.262. The summed E-state index contributed by atoms with van der Waals surface area (Å²) in [6, 6.07) is 14.1. The summed E-state index contributed by atoms with van der Waals surface area (Å²) in [6.45, 7) is 8.64. The lowest BCUT2D eigenvalue weighted by Crippen LogP contribution is -2.22. The van der Waals surface area contributed by atoms with Crippen LogP contribution in [0.3, 0.4) is 0 Å². The van der Waals surface area contributed by atoms with Crippen LogP contribution in [0.4, 0.5) is 26.5 Å². The molecule has 0 bridgehead atoms. The molecule has 2 aromatic carbocycles. The van der Waals surface area contributed by atoms with E-state index in [1.165, 1.54) is 12.1 Å². The number of nitrogens with one attached hydrogen (secondary N) is 2. The van der Waals surface area contributed by atoms with Crippen LogP contribution in [0.15, 0.2) is 54.9 Å². The fourth-order valence-electron chi connectivity index (χ4n) is 3.57. The molecule has 40 heavy (non-hydrogen) atoms. The smallest absolute Gasteiger partial charge is 0.324 e. The molecule has 0 unspecified atom stereocenters. The molecular formula is C28H29FN8O3. The minimum Gasteiger partial charge on any atom is -0.494 e. The van der Waals surface area contributed by atoms with Crippen molar-refractivity contribution in [2.24, 2.45) is 0 Å². The van der Waals surface area contributed by atoms with Crippen LogP contribution in [0.5, 0.6) is 17.4 Å². The summed E-state index contributed by atoms with van der Waals surface area (Å²) in [5.74, 6) is 0.185. The third kappa shape index (κ3) is 6.44. The van der Waals surface area contributed by atoms with E-state index in [2.05, 4.69) is 20.6 Å². The number of anilines is 3. The maximum absolute atomic E-state index is 14.9. The van der Waals surface area contributed by atoms with E-state index in [1.807, 2.05) is 58.0 Å². The predicted octanol–water partition coefficient (Wildman–Crippen LogP) is 5.78. The van der Waals surface area contributed by atoms with Crippen molar-refractivity contribution in [1.29, 1.82) is 5.26 Å². The van der Waals surface area contributed by atoms with E-state index in [1.54, 1.807) is 10.7 Å².